The molecule has 1 N–H and O–H groups in total. The second-order valence-corrected chi connectivity index (χ2v) is 8.26. The van der Waals surface area contributed by atoms with Gasteiger partial charge in [-0.3, -0.25) is 9.59 Å². The summed E-state index contributed by atoms with van der Waals surface area (Å²) < 4.78 is 0. The molecule has 0 saturated heterocycles. The third-order valence-electron chi connectivity index (χ3n) is 5.65. The zero-order valence-electron chi connectivity index (χ0n) is 15.0. The molecule has 5 heteroatoms. The first-order valence-corrected chi connectivity index (χ1v) is 10.2. The number of carbonyl (C=O) groups is 2. The maximum atomic E-state index is 13.3. The second-order valence-electron chi connectivity index (χ2n) is 7.28. The first kappa shape index (κ1) is 17.3. The number of fused-ring (bicyclic) bond motifs is 1. The summed E-state index contributed by atoms with van der Waals surface area (Å²) in [5, 5.41) is 5.29. The van der Waals surface area contributed by atoms with Crippen molar-refractivity contribution in [3.8, 4) is 0 Å². The van der Waals surface area contributed by atoms with Crippen molar-refractivity contribution in [1.82, 2.24) is 10.2 Å². The maximum absolute atomic E-state index is 13.3. The Morgan fingerprint density at radius 2 is 1.88 bits per heavy atom. The van der Waals surface area contributed by atoms with Gasteiger partial charge >= 0.3 is 0 Å². The zero-order valence-corrected chi connectivity index (χ0v) is 15.8. The number of hydrogen-bond acceptors (Lipinski definition) is 3. The zero-order chi connectivity index (χ0) is 18.1. The molecule has 2 aromatic rings. The summed E-state index contributed by atoms with van der Waals surface area (Å²) in [6.07, 6.45) is 5.72. The van der Waals surface area contributed by atoms with Crippen LogP contribution in [0.3, 0.4) is 0 Å². The molecule has 2 amide bonds. The van der Waals surface area contributed by atoms with Gasteiger partial charge in [0.1, 0.15) is 0 Å². The van der Waals surface area contributed by atoms with Gasteiger partial charge in [0.2, 0.25) is 5.91 Å². The van der Waals surface area contributed by atoms with E-state index in [1.54, 1.807) is 16.2 Å². The van der Waals surface area contributed by atoms with Gasteiger partial charge in [-0.1, -0.05) is 43.5 Å². The van der Waals surface area contributed by atoms with Gasteiger partial charge in [-0.25, -0.2) is 0 Å². The lowest BCUT2D eigenvalue weighted by Crippen LogP contribution is -2.47. The van der Waals surface area contributed by atoms with E-state index in [4.69, 9.17) is 0 Å². The van der Waals surface area contributed by atoms with Gasteiger partial charge in [0.25, 0.3) is 5.91 Å². The summed E-state index contributed by atoms with van der Waals surface area (Å²) in [6, 6.07) is 11.6. The van der Waals surface area contributed by atoms with Crippen LogP contribution in [0.2, 0.25) is 0 Å². The normalized spacial score (nSPS) is 23.6. The molecule has 136 valence electrons. The number of nitrogens with zero attached hydrogens (tertiary/aromatic N) is 1. The Balaban J connectivity index is 1.72. The molecule has 1 aliphatic carbocycles. The number of rotatable bonds is 3. The molecule has 2 heterocycles. The van der Waals surface area contributed by atoms with E-state index >= 15 is 0 Å². The molecule has 26 heavy (non-hydrogen) atoms. The van der Waals surface area contributed by atoms with Crippen LogP contribution in [0.5, 0.6) is 0 Å². The second kappa shape index (κ2) is 7.23. The number of hydrogen-bond donors (Lipinski definition) is 1. The number of benzene rings is 1. The lowest BCUT2D eigenvalue weighted by Gasteiger charge is -2.39. The predicted molar refractivity (Wildman–Crippen MR) is 103 cm³/mol. The van der Waals surface area contributed by atoms with Crippen LogP contribution in [0.4, 0.5) is 0 Å². The van der Waals surface area contributed by atoms with Crippen molar-refractivity contribution in [3.05, 3.63) is 57.8 Å². The molecule has 1 aromatic heterocycles. The molecule has 1 fully saturated rings. The standard InChI is InChI=1S/C21H24N2O2S/c1-23-19(17-12-7-13-26-17)18(15-10-5-6-11-16(15)21(23)25)20(24)22-14-8-3-2-4-9-14/h5-7,10-14,18-19H,2-4,8-9H2,1H3,(H,22,24)/t18-,19+/m1/s1. The highest BCUT2D eigenvalue weighted by molar-refractivity contribution is 7.10. The fourth-order valence-corrected chi connectivity index (χ4v) is 5.22. The minimum Gasteiger partial charge on any atom is -0.353 e. The molecule has 2 atom stereocenters. The van der Waals surface area contributed by atoms with Gasteiger partial charge < -0.3 is 10.2 Å². The van der Waals surface area contributed by atoms with Crippen LogP contribution in [0, 0.1) is 0 Å². The van der Waals surface area contributed by atoms with Crippen LogP contribution in [-0.2, 0) is 4.79 Å². The monoisotopic (exact) mass is 368 g/mol. The van der Waals surface area contributed by atoms with Gasteiger partial charge in [-0.05, 0) is 35.9 Å². The highest BCUT2D eigenvalue weighted by atomic mass is 32.1. The third-order valence-corrected chi connectivity index (χ3v) is 6.59. The van der Waals surface area contributed by atoms with Crippen molar-refractivity contribution in [2.24, 2.45) is 0 Å². The van der Waals surface area contributed by atoms with Gasteiger partial charge in [-0.2, -0.15) is 0 Å². The van der Waals surface area contributed by atoms with E-state index in [1.807, 2.05) is 48.8 Å². The van der Waals surface area contributed by atoms with Crippen LogP contribution < -0.4 is 5.32 Å². The molecule has 4 rings (SSSR count). The number of amides is 2. The summed E-state index contributed by atoms with van der Waals surface area (Å²) in [5.41, 5.74) is 1.49. The average molecular weight is 369 g/mol. The summed E-state index contributed by atoms with van der Waals surface area (Å²) >= 11 is 1.60. The number of thiophene rings is 1. The minimum absolute atomic E-state index is 0.0132. The number of carbonyl (C=O) groups excluding carboxylic acids is 2. The molecule has 0 radical (unpaired) electrons. The van der Waals surface area contributed by atoms with Crippen LogP contribution >= 0.6 is 11.3 Å². The van der Waals surface area contributed by atoms with E-state index < -0.39 is 0 Å². The van der Waals surface area contributed by atoms with Crippen molar-refractivity contribution in [2.45, 2.75) is 50.1 Å². The molecular weight excluding hydrogens is 344 g/mol. The Morgan fingerprint density at radius 1 is 1.12 bits per heavy atom. The van der Waals surface area contributed by atoms with E-state index in [0.29, 0.717) is 5.56 Å². The Kier molecular flexibility index (Phi) is 4.81. The first-order chi connectivity index (χ1) is 12.7. The van der Waals surface area contributed by atoms with Crippen LogP contribution in [0.15, 0.2) is 41.8 Å². The van der Waals surface area contributed by atoms with Gasteiger partial charge in [0.15, 0.2) is 0 Å². The SMILES string of the molecule is CN1C(=O)c2ccccc2[C@@H](C(=O)NC2CCCCC2)[C@@H]1c1cccs1. The van der Waals surface area contributed by atoms with E-state index in [2.05, 4.69) is 5.32 Å². The fourth-order valence-electron chi connectivity index (χ4n) is 4.31. The predicted octanol–water partition coefficient (Wildman–Crippen LogP) is 4.11. The van der Waals surface area contributed by atoms with Gasteiger partial charge in [0.05, 0.1) is 12.0 Å². The van der Waals surface area contributed by atoms with Crippen molar-refractivity contribution >= 4 is 23.2 Å². The number of likely N-dealkylation sites (N-methyl/N-ethyl adjacent to an activating group) is 1. The lowest BCUT2D eigenvalue weighted by molar-refractivity contribution is -0.125. The topological polar surface area (TPSA) is 49.4 Å². The summed E-state index contributed by atoms with van der Waals surface area (Å²) in [4.78, 5) is 29.0. The summed E-state index contributed by atoms with van der Waals surface area (Å²) in [7, 11) is 1.81. The van der Waals surface area contributed by atoms with Crippen molar-refractivity contribution in [1.29, 1.82) is 0 Å². The Bertz CT molecular complexity index is 796. The molecule has 2 aliphatic rings. The fraction of sp³-hybridized carbons (Fsp3) is 0.429. The molecule has 0 spiro atoms. The van der Waals surface area contributed by atoms with Crippen LogP contribution in [0.25, 0.3) is 0 Å². The molecule has 0 unspecified atom stereocenters. The maximum Gasteiger partial charge on any atom is 0.254 e. The van der Waals surface area contributed by atoms with Crippen molar-refractivity contribution < 1.29 is 9.59 Å². The molecule has 1 aliphatic heterocycles. The lowest BCUT2D eigenvalue weighted by atomic mass is 9.81. The van der Waals surface area contributed by atoms with E-state index in [9.17, 15) is 9.59 Å². The smallest absolute Gasteiger partial charge is 0.254 e. The Morgan fingerprint density at radius 3 is 2.62 bits per heavy atom. The highest BCUT2D eigenvalue weighted by Crippen LogP contribution is 2.43. The quantitative estimate of drug-likeness (QED) is 0.886. The van der Waals surface area contributed by atoms with E-state index in [0.717, 1.165) is 23.3 Å². The van der Waals surface area contributed by atoms with Crippen LogP contribution in [0.1, 0.15) is 64.9 Å². The van der Waals surface area contributed by atoms with Crippen LogP contribution in [-0.4, -0.2) is 29.8 Å². The van der Waals surface area contributed by atoms with Crippen molar-refractivity contribution in [3.63, 3.8) is 0 Å². The molecule has 4 nitrogen and oxygen atoms in total. The third kappa shape index (κ3) is 3.05. The summed E-state index contributed by atoms with van der Waals surface area (Å²) in [6.45, 7) is 0. The molecule has 1 saturated carbocycles. The minimum atomic E-state index is -0.366. The largest absolute Gasteiger partial charge is 0.353 e. The molecule has 0 bridgehead atoms. The van der Waals surface area contributed by atoms with Gasteiger partial charge in [-0.15, -0.1) is 11.3 Å². The average Bonchev–Trinajstić information content (AvgIpc) is 3.19. The highest BCUT2D eigenvalue weighted by Gasteiger charge is 2.43. The number of nitrogens with one attached hydrogen (secondary N) is 1. The molecule has 1 aromatic carbocycles. The van der Waals surface area contributed by atoms with E-state index in [1.165, 1.54) is 19.3 Å². The molecular formula is C21H24N2O2S. The first-order valence-electron chi connectivity index (χ1n) is 9.36. The van der Waals surface area contributed by atoms with Gasteiger partial charge in [0, 0.05) is 23.5 Å². The van der Waals surface area contributed by atoms with Crippen molar-refractivity contribution in [2.75, 3.05) is 7.05 Å². The van der Waals surface area contributed by atoms with E-state index in [-0.39, 0.29) is 29.8 Å². The summed E-state index contributed by atoms with van der Waals surface area (Å²) in [5.74, 6) is -0.336. The Hall–Kier alpha value is -2.14. The Labute approximate surface area is 158 Å².